The summed E-state index contributed by atoms with van der Waals surface area (Å²) in [4.78, 5) is 37.5. The van der Waals surface area contributed by atoms with Gasteiger partial charge in [0.05, 0.1) is 16.0 Å². The van der Waals surface area contributed by atoms with Crippen molar-refractivity contribution in [3.05, 3.63) is 52.9 Å². The van der Waals surface area contributed by atoms with E-state index in [0.29, 0.717) is 51.9 Å². The Hall–Kier alpha value is -2.77. The summed E-state index contributed by atoms with van der Waals surface area (Å²) in [5.41, 5.74) is 1.56. The lowest BCUT2D eigenvalue weighted by Crippen LogP contribution is -2.29. The Bertz CT molecular complexity index is 1160. The topological polar surface area (TPSA) is 97.0 Å². The number of nitrogens with one attached hydrogen (secondary N) is 2. The molecule has 33 heavy (non-hydrogen) atoms. The number of carbonyl (C=O) groups excluding carboxylic acids is 2. The molecule has 0 spiro atoms. The Labute approximate surface area is 197 Å². The minimum atomic E-state index is -0.183. The van der Waals surface area contributed by atoms with Gasteiger partial charge in [-0.1, -0.05) is 23.7 Å². The van der Waals surface area contributed by atoms with E-state index in [-0.39, 0.29) is 23.7 Å². The number of hydrogen-bond acceptors (Lipinski definition) is 6. The number of nitrogens with zero attached hydrogens (tertiary/aromatic N) is 2. The van der Waals surface area contributed by atoms with E-state index in [1.807, 2.05) is 0 Å². The van der Waals surface area contributed by atoms with Gasteiger partial charge in [-0.05, 0) is 56.6 Å². The molecule has 8 heteroatoms. The number of carbonyl (C=O) groups is 2. The average molecular weight is 467 g/mol. The van der Waals surface area contributed by atoms with Gasteiger partial charge in [0.1, 0.15) is 23.9 Å². The molecule has 1 saturated heterocycles. The van der Waals surface area contributed by atoms with Gasteiger partial charge >= 0.3 is 0 Å². The van der Waals surface area contributed by atoms with Gasteiger partial charge in [0.15, 0.2) is 11.6 Å². The molecule has 0 bridgehead atoms. The normalized spacial score (nSPS) is 23.0. The van der Waals surface area contributed by atoms with Gasteiger partial charge in [-0.15, -0.1) is 0 Å². The first kappa shape index (κ1) is 22.0. The SMILES string of the molecule is O=C(c1ccccc1Cl)c1c[nH]c2ncnc(NC3CCC(CC(=O)[C@@H]4CCCO4)CC3)c12. The summed E-state index contributed by atoms with van der Waals surface area (Å²) < 4.78 is 5.54. The monoisotopic (exact) mass is 466 g/mol. The molecule has 3 aromatic rings. The zero-order valence-electron chi connectivity index (χ0n) is 18.4. The minimum Gasteiger partial charge on any atom is -0.370 e. The van der Waals surface area contributed by atoms with Gasteiger partial charge in [-0.3, -0.25) is 9.59 Å². The fraction of sp³-hybridized carbons (Fsp3) is 0.440. The Morgan fingerprint density at radius 2 is 1.91 bits per heavy atom. The van der Waals surface area contributed by atoms with Crippen LogP contribution in [0.3, 0.4) is 0 Å². The van der Waals surface area contributed by atoms with Crippen LogP contribution in [0.25, 0.3) is 11.0 Å². The van der Waals surface area contributed by atoms with Crippen LogP contribution in [0.15, 0.2) is 36.8 Å². The first-order valence-corrected chi connectivity index (χ1v) is 12.0. The van der Waals surface area contributed by atoms with Crippen LogP contribution in [-0.2, 0) is 9.53 Å². The highest BCUT2D eigenvalue weighted by atomic mass is 35.5. The second-order valence-electron chi connectivity index (χ2n) is 8.99. The summed E-state index contributed by atoms with van der Waals surface area (Å²) in [5.74, 6) is 1.16. The molecule has 2 N–H and O–H groups in total. The molecule has 2 aromatic heterocycles. The van der Waals surface area contributed by atoms with Crippen LogP contribution in [0.5, 0.6) is 0 Å². The molecule has 1 saturated carbocycles. The number of ketones is 2. The van der Waals surface area contributed by atoms with Gasteiger partial charge in [0, 0.05) is 30.8 Å². The van der Waals surface area contributed by atoms with Crippen molar-refractivity contribution < 1.29 is 14.3 Å². The number of Topliss-reactive ketones (excluding diaryl/α,β-unsaturated/α-hetero) is 1. The van der Waals surface area contributed by atoms with Crippen LogP contribution in [0.1, 0.15) is 60.9 Å². The second kappa shape index (κ2) is 9.61. The molecule has 1 aliphatic carbocycles. The van der Waals surface area contributed by atoms with E-state index in [1.54, 1.807) is 30.5 Å². The molecule has 0 radical (unpaired) electrons. The summed E-state index contributed by atoms with van der Waals surface area (Å²) >= 11 is 6.26. The third-order valence-electron chi connectivity index (χ3n) is 6.80. The van der Waals surface area contributed by atoms with Crippen molar-refractivity contribution in [1.29, 1.82) is 0 Å². The van der Waals surface area contributed by atoms with E-state index in [4.69, 9.17) is 16.3 Å². The number of hydrogen-bond donors (Lipinski definition) is 2. The first-order chi connectivity index (χ1) is 16.1. The van der Waals surface area contributed by atoms with Crippen molar-refractivity contribution in [2.45, 2.75) is 57.1 Å². The number of anilines is 1. The molecule has 2 fully saturated rings. The number of H-pyrrole nitrogens is 1. The fourth-order valence-electron chi connectivity index (χ4n) is 4.99. The number of rotatable bonds is 7. The maximum atomic E-state index is 13.2. The molecular weight excluding hydrogens is 440 g/mol. The lowest BCUT2D eigenvalue weighted by Gasteiger charge is -2.29. The van der Waals surface area contributed by atoms with Gasteiger partial charge in [-0.25, -0.2) is 9.97 Å². The molecule has 5 rings (SSSR count). The predicted molar refractivity (Wildman–Crippen MR) is 127 cm³/mol. The van der Waals surface area contributed by atoms with Crippen molar-refractivity contribution in [2.24, 2.45) is 5.92 Å². The van der Waals surface area contributed by atoms with Crippen LogP contribution in [-0.4, -0.2) is 45.3 Å². The molecule has 0 unspecified atom stereocenters. The molecule has 1 aliphatic heterocycles. The third-order valence-corrected chi connectivity index (χ3v) is 7.13. The maximum absolute atomic E-state index is 13.2. The first-order valence-electron chi connectivity index (χ1n) is 11.6. The smallest absolute Gasteiger partial charge is 0.196 e. The largest absolute Gasteiger partial charge is 0.370 e. The Balaban J connectivity index is 1.28. The summed E-state index contributed by atoms with van der Waals surface area (Å²) in [5, 5.41) is 4.63. The molecule has 1 aromatic carbocycles. The summed E-state index contributed by atoms with van der Waals surface area (Å²) in [6, 6.07) is 7.26. The Morgan fingerprint density at radius 3 is 2.67 bits per heavy atom. The van der Waals surface area contributed by atoms with E-state index >= 15 is 0 Å². The molecule has 7 nitrogen and oxygen atoms in total. The number of fused-ring (bicyclic) bond motifs is 1. The molecular formula is C25H27ClN4O3. The molecule has 3 heterocycles. The van der Waals surface area contributed by atoms with E-state index in [0.717, 1.165) is 38.5 Å². The van der Waals surface area contributed by atoms with Gasteiger partial charge < -0.3 is 15.0 Å². The highest BCUT2D eigenvalue weighted by Gasteiger charge is 2.29. The average Bonchev–Trinajstić information content (AvgIpc) is 3.51. The van der Waals surface area contributed by atoms with E-state index < -0.39 is 0 Å². The van der Waals surface area contributed by atoms with Crippen LogP contribution in [0.4, 0.5) is 5.82 Å². The van der Waals surface area contributed by atoms with Crippen LogP contribution >= 0.6 is 11.6 Å². The Kier molecular flexibility index (Phi) is 6.42. The predicted octanol–water partition coefficient (Wildman–Crippen LogP) is 4.95. The lowest BCUT2D eigenvalue weighted by atomic mass is 9.82. The summed E-state index contributed by atoms with van der Waals surface area (Å²) in [6.45, 7) is 0.709. The fourth-order valence-corrected chi connectivity index (χ4v) is 5.22. The highest BCUT2D eigenvalue weighted by molar-refractivity contribution is 6.35. The van der Waals surface area contributed by atoms with Crippen molar-refractivity contribution >= 4 is 40.0 Å². The number of halogens is 1. The van der Waals surface area contributed by atoms with Crippen molar-refractivity contribution in [3.8, 4) is 0 Å². The zero-order valence-corrected chi connectivity index (χ0v) is 19.1. The molecule has 2 aliphatic rings. The maximum Gasteiger partial charge on any atom is 0.196 e. The lowest BCUT2D eigenvalue weighted by molar-refractivity contribution is -0.129. The zero-order chi connectivity index (χ0) is 22.8. The summed E-state index contributed by atoms with van der Waals surface area (Å²) in [7, 11) is 0. The summed E-state index contributed by atoms with van der Waals surface area (Å²) in [6.07, 6.45) is 9.33. The molecule has 1 atom stereocenters. The molecule has 172 valence electrons. The second-order valence-corrected chi connectivity index (χ2v) is 9.40. The van der Waals surface area contributed by atoms with Crippen LogP contribution in [0, 0.1) is 5.92 Å². The van der Waals surface area contributed by atoms with Crippen molar-refractivity contribution in [2.75, 3.05) is 11.9 Å². The van der Waals surface area contributed by atoms with E-state index in [2.05, 4.69) is 20.3 Å². The highest BCUT2D eigenvalue weighted by Crippen LogP contribution is 2.33. The van der Waals surface area contributed by atoms with Gasteiger partial charge in [0.2, 0.25) is 0 Å². The number of aromatic nitrogens is 3. The number of ether oxygens (including phenoxy) is 1. The minimum absolute atomic E-state index is 0.166. The number of aromatic amines is 1. The van der Waals surface area contributed by atoms with Crippen LogP contribution in [0.2, 0.25) is 5.02 Å². The van der Waals surface area contributed by atoms with E-state index in [9.17, 15) is 9.59 Å². The van der Waals surface area contributed by atoms with E-state index in [1.165, 1.54) is 6.33 Å². The quantitative estimate of drug-likeness (QED) is 0.478. The third kappa shape index (κ3) is 4.66. The van der Waals surface area contributed by atoms with Crippen LogP contribution < -0.4 is 5.32 Å². The Morgan fingerprint density at radius 1 is 1.09 bits per heavy atom. The van der Waals surface area contributed by atoms with Crippen molar-refractivity contribution in [1.82, 2.24) is 15.0 Å². The molecule has 0 amide bonds. The van der Waals surface area contributed by atoms with Crippen molar-refractivity contribution in [3.63, 3.8) is 0 Å². The standard InChI is InChI=1S/C25H27ClN4O3/c26-19-5-2-1-4-17(19)23(32)18-13-27-24-22(18)25(29-14-28-24)30-16-9-7-15(8-10-16)12-20(31)21-6-3-11-33-21/h1-2,4-5,13-16,21H,3,6-12H2,(H2,27,28,29,30)/t15?,16?,21-/m0/s1. The van der Waals surface area contributed by atoms with Gasteiger partial charge in [-0.2, -0.15) is 0 Å². The number of benzene rings is 1. The van der Waals surface area contributed by atoms with Gasteiger partial charge in [0.25, 0.3) is 0 Å².